The Hall–Kier alpha value is -0.315. The smallest absolute Gasteiger partial charge is 0.399 e. The van der Waals surface area contributed by atoms with Gasteiger partial charge in [0.1, 0.15) is 0 Å². The monoisotopic (exact) mass is 350 g/mol. The van der Waals surface area contributed by atoms with Crippen molar-refractivity contribution in [3.05, 3.63) is 17.0 Å². The van der Waals surface area contributed by atoms with Crippen LogP contribution in [0.1, 0.15) is 90.9 Å². The Balaban J connectivity index is 1.69. The zero-order valence-electron chi connectivity index (χ0n) is 16.3. The number of aryl methyl sites for hydroxylation is 1. The van der Waals surface area contributed by atoms with Crippen LogP contribution in [0, 0.1) is 0 Å². The summed E-state index contributed by atoms with van der Waals surface area (Å²) < 4.78 is 13.5. The first-order chi connectivity index (χ1) is 11.4. The molecule has 2 rings (SSSR count). The van der Waals surface area contributed by atoms with E-state index in [-0.39, 0.29) is 18.3 Å². The molecule has 1 fully saturated rings. The van der Waals surface area contributed by atoms with Gasteiger partial charge in [0.2, 0.25) is 0 Å². The quantitative estimate of drug-likeness (QED) is 0.396. The van der Waals surface area contributed by atoms with Crippen molar-refractivity contribution < 1.29 is 9.31 Å². The summed E-state index contributed by atoms with van der Waals surface area (Å²) in [6, 6.07) is 4.44. The van der Waals surface area contributed by atoms with Crippen LogP contribution in [0.5, 0.6) is 0 Å². The maximum Gasteiger partial charge on any atom is 0.505 e. The maximum absolute atomic E-state index is 6.14. The largest absolute Gasteiger partial charge is 0.505 e. The summed E-state index contributed by atoms with van der Waals surface area (Å²) in [5.41, 5.74) is -0.501. The molecule has 1 aliphatic heterocycles. The van der Waals surface area contributed by atoms with Crippen LogP contribution >= 0.6 is 11.3 Å². The third-order valence-electron chi connectivity index (χ3n) is 5.44. The van der Waals surface area contributed by atoms with Crippen molar-refractivity contribution >= 4 is 23.2 Å². The highest BCUT2D eigenvalue weighted by atomic mass is 32.1. The summed E-state index contributed by atoms with van der Waals surface area (Å²) in [6.45, 7) is 10.7. The summed E-state index contributed by atoms with van der Waals surface area (Å²) >= 11 is 1.86. The average Bonchev–Trinajstić information content (AvgIpc) is 3.05. The molecule has 0 atom stereocenters. The Kier molecular flexibility index (Phi) is 7.39. The molecule has 0 bridgehead atoms. The highest BCUT2D eigenvalue weighted by Gasteiger charge is 2.52. The van der Waals surface area contributed by atoms with Gasteiger partial charge in [0.25, 0.3) is 0 Å². The summed E-state index contributed by atoms with van der Waals surface area (Å²) in [4.78, 5) is 1.46. The molecule has 4 heteroatoms. The number of thiophene rings is 1. The Morgan fingerprint density at radius 2 is 1.38 bits per heavy atom. The van der Waals surface area contributed by atoms with Gasteiger partial charge in [-0.25, -0.2) is 0 Å². The molecule has 1 aliphatic rings. The van der Waals surface area contributed by atoms with E-state index in [9.17, 15) is 0 Å². The minimum absolute atomic E-state index is 0.202. The van der Waals surface area contributed by atoms with Gasteiger partial charge in [0, 0.05) is 9.65 Å². The highest BCUT2D eigenvalue weighted by Crippen LogP contribution is 2.37. The van der Waals surface area contributed by atoms with E-state index < -0.39 is 0 Å². The van der Waals surface area contributed by atoms with Crippen LogP contribution in [-0.2, 0) is 15.7 Å². The molecule has 0 N–H and O–H groups in total. The minimum Gasteiger partial charge on any atom is -0.399 e. The van der Waals surface area contributed by atoms with E-state index in [0.717, 1.165) is 0 Å². The second-order valence-corrected chi connectivity index (χ2v) is 9.32. The van der Waals surface area contributed by atoms with E-state index in [1.807, 2.05) is 11.3 Å². The second kappa shape index (κ2) is 8.87. The molecule has 0 radical (unpaired) electrons. The van der Waals surface area contributed by atoms with Crippen LogP contribution in [0.3, 0.4) is 0 Å². The fraction of sp³-hybridized carbons (Fsp3) is 0.800. The molecule has 2 nitrogen and oxygen atoms in total. The number of hydrogen-bond acceptors (Lipinski definition) is 3. The maximum atomic E-state index is 6.14. The molecular weight excluding hydrogens is 315 g/mol. The zero-order valence-corrected chi connectivity index (χ0v) is 17.1. The Labute approximate surface area is 153 Å². The van der Waals surface area contributed by atoms with Crippen LogP contribution in [0.15, 0.2) is 12.1 Å². The van der Waals surface area contributed by atoms with Crippen molar-refractivity contribution in [2.45, 2.75) is 104 Å². The fourth-order valence-electron chi connectivity index (χ4n) is 3.05. The number of rotatable bonds is 10. The van der Waals surface area contributed by atoms with E-state index in [2.05, 4.69) is 46.8 Å². The third kappa shape index (κ3) is 5.34. The van der Waals surface area contributed by atoms with E-state index >= 15 is 0 Å². The predicted octanol–water partition coefficient (Wildman–Crippen LogP) is 5.73. The van der Waals surface area contributed by atoms with Crippen LogP contribution < -0.4 is 4.78 Å². The van der Waals surface area contributed by atoms with Crippen LogP contribution in [0.2, 0.25) is 0 Å². The summed E-state index contributed by atoms with van der Waals surface area (Å²) in [7, 11) is -0.202. The summed E-state index contributed by atoms with van der Waals surface area (Å²) in [5, 5.41) is 0. The van der Waals surface area contributed by atoms with E-state index in [1.165, 1.54) is 67.4 Å². The SMILES string of the molecule is CCCCCCCCCCc1ccc(B2OC(C)(C)C(C)(C)O2)s1. The predicted molar refractivity (Wildman–Crippen MR) is 106 cm³/mol. The van der Waals surface area contributed by atoms with E-state index in [4.69, 9.17) is 9.31 Å². The molecule has 1 aromatic heterocycles. The average molecular weight is 350 g/mol. The lowest BCUT2D eigenvalue weighted by Gasteiger charge is -2.32. The van der Waals surface area contributed by atoms with Crippen molar-refractivity contribution in [3.8, 4) is 0 Å². The van der Waals surface area contributed by atoms with Crippen molar-refractivity contribution in [3.63, 3.8) is 0 Å². The van der Waals surface area contributed by atoms with Gasteiger partial charge in [0.15, 0.2) is 0 Å². The zero-order chi connectivity index (χ0) is 17.6. The van der Waals surface area contributed by atoms with Crippen molar-refractivity contribution in [2.75, 3.05) is 0 Å². The van der Waals surface area contributed by atoms with Crippen molar-refractivity contribution in [1.29, 1.82) is 0 Å². The van der Waals surface area contributed by atoms with Gasteiger partial charge < -0.3 is 9.31 Å². The van der Waals surface area contributed by atoms with Crippen molar-refractivity contribution in [1.82, 2.24) is 0 Å². The topological polar surface area (TPSA) is 18.5 Å². The van der Waals surface area contributed by atoms with Gasteiger partial charge >= 0.3 is 7.12 Å². The van der Waals surface area contributed by atoms with Gasteiger partial charge in [-0.3, -0.25) is 0 Å². The van der Waals surface area contributed by atoms with Gasteiger partial charge in [-0.1, -0.05) is 57.9 Å². The van der Waals surface area contributed by atoms with E-state index in [1.54, 1.807) is 0 Å². The standard InChI is InChI=1S/C20H35BO2S/c1-6-7-8-9-10-11-12-13-14-17-15-16-18(24-17)21-22-19(2,3)20(4,5)23-21/h15-16H,6-14H2,1-5H3. The lowest BCUT2D eigenvalue weighted by molar-refractivity contribution is 0.00578. The minimum atomic E-state index is -0.250. The molecule has 0 unspecified atom stereocenters. The molecule has 0 aliphatic carbocycles. The normalized spacial score (nSPS) is 19.1. The molecule has 0 spiro atoms. The van der Waals surface area contributed by atoms with Gasteiger partial charge in [-0.05, 0) is 46.6 Å². The second-order valence-electron chi connectivity index (χ2n) is 8.12. The molecule has 0 amide bonds. The van der Waals surface area contributed by atoms with Crippen LogP contribution in [0.4, 0.5) is 0 Å². The van der Waals surface area contributed by atoms with Gasteiger partial charge in [-0.15, -0.1) is 11.3 Å². The first-order valence-corrected chi connectivity index (χ1v) is 10.6. The molecule has 0 saturated carbocycles. The van der Waals surface area contributed by atoms with E-state index in [0.29, 0.717) is 0 Å². The fourth-order valence-corrected chi connectivity index (χ4v) is 4.06. The molecule has 136 valence electrons. The lowest BCUT2D eigenvalue weighted by Crippen LogP contribution is -2.41. The van der Waals surface area contributed by atoms with Gasteiger partial charge in [-0.2, -0.15) is 0 Å². The van der Waals surface area contributed by atoms with Crippen LogP contribution in [0.25, 0.3) is 0 Å². The Morgan fingerprint density at radius 3 is 1.96 bits per heavy atom. The third-order valence-corrected chi connectivity index (χ3v) is 6.61. The number of hydrogen-bond donors (Lipinski definition) is 0. The highest BCUT2D eigenvalue weighted by molar-refractivity contribution is 7.22. The number of unbranched alkanes of at least 4 members (excludes halogenated alkanes) is 7. The summed E-state index contributed by atoms with van der Waals surface area (Å²) in [5.74, 6) is 0. The molecule has 1 saturated heterocycles. The Morgan fingerprint density at radius 1 is 0.833 bits per heavy atom. The molecule has 2 heterocycles. The van der Waals surface area contributed by atoms with Gasteiger partial charge in [0.05, 0.1) is 11.2 Å². The van der Waals surface area contributed by atoms with Crippen molar-refractivity contribution in [2.24, 2.45) is 0 Å². The first-order valence-electron chi connectivity index (χ1n) is 9.80. The lowest BCUT2D eigenvalue weighted by atomic mass is 9.88. The molecule has 0 aromatic carbocycles. The first kappa shape index (κ1) is 20.0. The van der Waals surface area contributed by atoms with Crippen LogP contribution in [-0.4, -0.2) is 18.3 Å². The molecule has 1 aromatic rings. The molecule has 24 heavy (non-hydrogen) atoms. The Bertz CT molecular complexity index is 480. The summed E-state index contributed by atoms with van der Waals surface area (Å²) in [6.07, 6.45) is 12.2. The molecular formula is C20H35BO2S.